The van der Waals surface area contributed by atoms with Crippen molar-refractivity contribution in [3.8, 4) is 0 Å². The number of benzene rings is 1. The second-order valence-electron chi connectivity index (χ2n) is 5.01. The highest BCUT2D eigenvalue weighted by Gasteiger charge is 2.07. The molecular formula is C17H20N2O2S. The van der Waals surface area contributed by atoms with Crippen molar-refractivity contribution in [3.63, 3.8) is 0 Å². The summed E-state index contributed by atoms with van der Waals surface area (Å²) in [6.45, 7) is 2.47. The summed E-state index contributed by atoms with van der Waals surface area (Å²) in [6.07, 6.45) is 2.41. The van der Waals surface area contributed by atoms with Gasteiger partial charge < -0.3 is 10.6 Å². The molecule has 4 nitrogen and oxygen atoms in total. The molecule has 2 N–H and O–H groups in total. The Labute approximate surface area is 134 Å². The second-order valence-corrected chi connectivity index (χ2v) is 5.79. The Bertz CT molecular complexity index is 606. The molecule has 0 aliphatic rings. The van der Waals surface area contributed by atoms with Crippen molar-refractivity contribution in [2.24, 2.45) is 0 Å². The lowest BCUT2D eigenvalue weighted by Crippen LogP contribution is -2.27. The van der Waals surface area contributed by atoms with E-state index >= 15 is 0 Å². The van der Waals surface area contributed by atoms with Crippen molar-refractivity contribution in [2.75, 3.05) is 11.9 Å². The minimum absolute atomic E-state index is 0.103. The largest absolute Gasteiger partial charge is 0.351 e. The highest BCUT2D eigenvalue weighted by atomic mass is 32.1. The summed E-state index contributed by atoms with van der Waals surface area (Å²) >= 11 is 1.47. The lowest BCUT2D eigenvalue weighted by molar-refractivity contribution is -0.116. The molecule has 0 bridgehead atoms. The maximum absolute atomic E-state index is 11.8. The highest BCUT2D eigenvalue weighted by molar-refractivity contribution is 7.08. The Morgan fingerprint density at radius 1 is 1.14 bits per heavy atom. The number of hydrogen-bond donors (Lipinski definition) is 2. The van der Waals surface area contributed by atoms with E-state index < -0.39 is 0 Å². The maximum atomic E-state index is 11.8. The zero-order valence-electron chi connectivity index (χ0n) is 12.6. The summed E-state index contributed by atoms with van der Waals surface area (Å²) in [6, 6.07) is 9.63. The Hall–Kier alpha value is -2.14. The van der Waals surface area contributed by atoms with Gasteiger partial charge in [0.05, 0.1) is 0 Å². The molecule has 0 aliphatic heterocycles. The number of anilines is 1. The summed E-state index contributed by atoms with van der Waals surface area (Å²) in [7, 11) is 0. The third-order valence-electron chi connectivity index (χ3n) is 3.20. The van der Waals surface area contributed by atoms with Crippen LogP contribution < -0.4 is 10.6 Å². The van der Waals surface area contributed by atoms with Crippen LogP contribution in [0.25, 0.3) is 0 Å². The molecule has 0 radical (unpaired) electrons. The minimum Gasteiger partial charge on any atom is -0.351 e. The van der Waals surface area contributed by atoms with Crippen molar-refractivity contribution in [2.45, 2.75) is 26.2 Å². The molecule has 1 aromatic carbocycles. The monoisotopic (exact) mass is 316 g/mol. The van der Waals surface area contributed by atoms with Crippen LogP contribution in [0.3, 0.4) is 0 Å². The number of rotatable bonds is 7. The van der Waals surface area contributed by atoms with Gasteiger partial charge in [0.1, 0.15) is 0 Å². The fraction of sp³-hybridized carbons (Fsp3) is 0.294. The molecule has 0 unspecified atom stereocenters. The van der Waals surface area contributed by atoms with Gasteiger partial charge in [0.15, 0.2) is 0 Å². The molecule has 2 aromatic rings. The summed E-state index contributed by atoms with van der Waals surface area (Å²) in [5.41, 5.74) is 2.69. The SMILES string of the molecule is CCCc1ccc(NC(=O)CCNC(=O)c2ccsc2)cc1. The summed E-state index contributed by atoms with van der Waals surface area (Å²) in [5, 5.41) is 9.20. The molecule has 1 aromatic heterocycles. The van der Waals surface area contributed by atoms with Crippen LogP contribution in [0.2, 0.25) is 0 Å². The molecule has 22 heavy (non-hydrogen) atoms. The Balaban J connectivity index is 1.72. The lowest BCUT2D eigenvalue weighted by atomic mass is 10.1. The first-order chi connectivity index (χ1) is 10.7. The van der Waals surface area contributed by atoms with Gasteiger partial charge in [0.2, 0.25) is 5.91 Å². The average molecular weight is 316 g/mol. The van der Waals surface area contributed by atoms with Gasteiger partial charge in [-0.05, 0) is 35.6 Å². The Morgan fingerprint density at radius 2 is 1.91 bits per heavy atom. The molecule has 0 fully saturated rings. The van der Waals surface area contributed by atoms with E-state index in [1.165, 1.54) is 16.9 Å². The first-order valence-electron chi connectivity index (χ1n) is 7.38. The van der Waals surface area contributed by atoms with E-state index in [4.69, 9.17) is 0 Å². The van der Waals surface area contributed by atoms with E-state index in [9.17, 15) is 9.59 Å². The second kappa shape index (κ2) is 8.34. The fourth-order valence-corrected chi connectivity index (χ4v) is 2.69. The lowest BCUT2D eigenvalue weighted by Gasteiger charge is -2.07. The van der Waals surface area contributed by atoms with Gasteiger partial charge in [-0.1, -0.05) is 25.5 Å². The van der Waals surface area contributed by atoms with E-state index in [0.29, 0.717) is 12.1 Å². The molecule has 0 atom stereocenters. The first kappa shape index (κ1) is 16.2. The predicted molar refractivity (Wildman–Crippen MR) is 90.3 cm³/mol. The maximum Gasteiger partial charge on any atom is 0.252 e. The predicted octanol–water partition coefficient (Wildman–Crippen LogP) is 3.46. The van der Waals surface area contributed by atoms with Crippen molar-refractivity contribution in [3.05, 3.63) is 52.2 Å². The molecule has 116 valence electrons. The van der Waals surface area contributed by atoms with Crippen LogP contribution in [0.4, 0.5) is 5.69 Å². The number of amides is 2. The van der Waals surface area contributed by atoms with Crippen molar-refractivity contribution >= 4 is 28.8 Å². The van der Waals surface area contributed by atoms with Gasteiger partial charge in [0, 0.05) is 29.6 Å². The van der Waals surface area contributed by atoms with Crippen LogP contribution in [0.1, 0.15) is 35.7 Å². The zero-order chi connectivity index (χ0) is 15.8. The van der Waals surface area contributed by atoms with Crippen LogP contribution in [-0.4, -0.2) is 18.4 Å². The normalized spacial score (nSPS) is 10.2. The number of thiophene rings is 1. The number of carbonyl (C=O) groups is 2. The fourth-order valence-electron chi connectivity index (χ4n) is 2.05. The van der Waals surface area contributed by atoms with E-state index in [1.807, 2.05) is 29.6 Å². The topological polar surface area (TPSA) is 58.2 Å². The Kier molecular flexibility index (Phi) is 6.15. The third-order valence-corrected chi connectivity index (χ3v) is 3.88. The van der Waals surface area contributed by atoms with Crippen LogP contribution in [-0.2, 0) is 11.2 Å². The first-order valence-corrected chi connectivity index (χ1v) is 8.32. The van der Waals surface area contributed by atoms with Crippen LogP contribution >= 0.6 is 11.3 Å². The van der Waals surface area contributed by atoms with E-state index in [0.717, 1.165) is 18.5 Å². The van der Waals surface area contributed by atoms with E-state index in [1.54, 1.807) is 11.4 Å². The number of nitrogens with one attached hydrogen (secondary N) is 2. The van der Waals surface area contributed by atoms with Gasteiger partial charge in [-0.2, -0.15) is 11.3 Å². The van der Waals surface area contributed by atoms with Crippen molar-refractivity contribution in [1.29, 1.82) is 0 Å². The molecule has 0 saturated heterocycles. The van der Waals surface area contributed by atoms with Crippen molar-refractivity contribution < 1.29 is 9.59 Å². The summed E-state index contributed by atoms with van der Waals surface area (Å²) in [5.74, 6) is -0.244. The van der Waals surface area contributed by atoms with Gasteiger partial charge >= 0.3 is 0 Å². The Morgan fingerprint density at radius 3 is 2.55 bits per heavy atom. The van der Waals surface area contributed by atoms with Crippen LogP contribution in [0.5, 0.6) is 0 Å². The standard InChI is InChI=1S/C17H20N2O2S/c1-2-3-13-4-6-15(7-5-13)19-16(20)8-10-18-17(21)14-9-11-22-12-14/h4-7,9,11-12H,2-3,8,10H2,1H3,(H,18,21)(H,19,20). The van der Waals surface area contributed by atoms with Gasteiger partial charge in [-0.3, -0.25) is 9.59 Å². The molecule has 0 saturated carbocycles. The molecule has 0 spiro atoms. The molecule has 2 rings (SSSR count). The van der Waals surface area contributed by atoms with Gasteiger partial charge in [-0.15, -0.1) is 0 Å². The summed E-state index contributed by atoms with van der Waals surface area (Å²) in [4.78, 5) is 23.5. The smallest absolute Gasteiger partial charge is 0.252 e. The summed E-state index contributed by atoms with van der Waals surface area (Å²) < 4.78 is 0. The van der Waals surface area contributed by atoms with Crippen LogP contribution in [0.15, 0.2) is 41.1 Å². The van der Waals surface area contributed by atoms with Crippen LogP contribution in [0, 0.1) is 0 Å². The van der Waals surface area contributed by atoms with Crippen molar-refractivity contribution in [1.82, 2.24) is 5.32 Å². The molecular weight excluding hydrogens is 296 g/mol. The number of aryl methyl sites for hydroxylation is 1. The van der Waals surface area contributed by atoms with Gasteiger partial charge in [-0.25, -0.2) is 0 Å². The quantitative estimate of drug-likeness (QED) is 0.822. The molecule has 1 heterocycles. The molecule has 5 heteroatoms. The molecule has 2 amide bonds. The minimum atomic E-state index is -0.141. The highest BCUT2D eigenvalue weighted by Crippen LogP contribution is 2.11. The average Bonchev–Trinajstić information content (AvgIpc) is 3.04. The van der Waals surface area contributed by atoms with Gasteiger partial charge in [0.25, 0.3) is 5.91 Å². The number of hydrogen-bond acceptors (Lipinski definition) is 3. The number of carbonyl (C=O) groups excluding carboxylic acids is 2. The zero-order valence-corrected chi connectivity index (χ0v) is 13.4. The van der Waals surface area contributed by atoms with E-state index in [2.05, 4.69) is 17.6 Å². The molecule has 0 aliphatic carbocycles. The third kappa shape index (κ3) is 5.00. The van der Waals surface area contributed by atoms with E-state index in [-0.39, 0.29) is 18.2 Å².